The predicted octanol–water partition coefficient (Wildman–Crippen LogP) is 1.05. The molecule has 0 unspecified atom stereocenters. The third kappa shape index (κ3) is 4.35. The first kappa shape index (κ1) is 18.3. The molecule has 1 aliphatic rings. The zero-order valence-electron chi connectivity index (χ0n) is 12.7. The Morgan fingerprint density at radius 1 is 1.09 bits per heavy atom. The second kappa shape index (κ2) is 8.60. The number of benzene rings is 1. The van der Waals surface area contributed by atoms with E-state index in [1.165, 1.54) is 0 Å². The van der Waals surface area contributed by atoms with Crippen LogP contribution in [0.2, 0.25) is 0 Å². The summed E-state index contributed by atoms with van der Waals surface area (Å²) >= 11 is 0. The van der Waals surface area contributed by atoms with Gasteiger partial charge < -0.3 is 20.9 Å². The van der Waals surface area contributed by atoms with E-state index in [2.05, 4.69) is 5.32 Å². The monoisotopic (exact) mass is 326 g/mol. The molecule has 1 saturated heterocycles. The van der Waals surface area contributed by atoms with Crippen LogP contribution >= 0.6 is 12.4 Å². The Balaban J connectivity index is 0.00000242. The van der Waals surface area contributed by atoms with Crippen LogP contribution in [0.3, 0.4) is 0 Å². The highest BCUT2D eigenvalue weighted by atomic mass is 35.5. The van der Waals surface area contributed by atoms with Gasteiger partial charge in [-0.3, -0.25) is 4.79 Å². The number of hydrogen-bond acceptors (Lipinski definition) is 3. The minimum Gasteiger partial charge on any atom is -0.338 e. The van der Waals surface area contributed by atoms with Gasteiger partial charge in [-0.15, -0.1) is 12.4 Å². The van der Waals surface area contributed by atoms with E-state index in [9.17, 15) is 9.59 Å². The Morgan fingerprint density at radius 2 is 1.64 bits per heavy atom. The van der Waals surface area contributed by atoms with E-state index in [0.29, 0.717) is 44.8 Å². The molecule has 2 rings (SSSR count). The fraction of sp³-hybridized carbons (Fsp3) is 0.467. The quantitative estimate of drug-likeness (QED) is 0.871. The van der Waals surface area contributed by atoms with E-state index in [1.807, 2.05) is 19.1 Å². The normalized spacial score (nSPS) is 14.3. The molecule has 0 saturated carbocycles. The summed E-state index contributed by atoms with van der Waals surface area (Å²) < 4.78 is 0. The van der Waals surface area contributed by atoms with Crippen LogP contribution in [0, 0.1) is 0 Å². The summed E-state index contributed by atoms with van der Waals surface area (Å²) in [4.78, 5) is 27.6. The second-order valence-electron chi connectivity index (χ2n) is 5.02. The lowest BCUT2D eigenvalue weighted by Gasteiger charge is -2.34. The Hall–Kier alpha value is -1.79. The summed E-state index contributed by atoms with van der Waals surface area (Å²) in [6.07, 6.45) is 0. The maximum Gasteiger partial charge on any atom is 0.317 e. The van der Waals surface area contributed by atoms with E-state index in [4.69, 9.17) is 5.73 Å². The van der Waals surface area contributed by atoms with Crippen LogP contribution in [0.25, 0.3) is 0 Å². The van der Waals surface area contributed by atoms with Crippen molar-refractivity contribution in [2.24, 2.45) is 5.73 Å². The summed E-state index contributed by atoms with van der Waals surface area (Å²) in [5.41, 5.74) is 7.22. The van der Waals surface area contributed by atoms with Crippen LogP contribution < -0.4 is 11.1 Å². The Kier molecular flexibility index (Phi) is 7.14. The van der Waals surface area contributed by atoms with Gasteiger partial charge in [0, 0.05) is 44.8 Å². The maximum absolute atomic E-state index is 12.4. The van der Waals surface area contributed by atoms with Crippen molar-refractivity contribution in [2.75, 3.05) is 32.7 Å². The van der Waals surface area contributed by atoms with Gasteiger partial charge in [-0.2, -0.15) is 0 Å². The van der Waals surface area contributed by atoms with Crippen molar-refractivity contribution in [2.45, 2.75) is 13.5 Å². The van der Waals surface area contributed by atoms with Gasteiger partial charge in [-0.05, 0) is 24.6 Å². The van der Waals surface area contributed by atoms with Crippen molar-refractivity contribution < 1.29 is 9.59 Å². The molecule has 7 heteroatoms. The predicted molar refractivity (Wildman–Crippen MR) is 88.1 cm³/mol. The van der Waals surface area contributed by atoms with Gasteiger partial charge in [0.05, 0.1) is 0 Å². The fourth-order valence-electron chi connectivity index (χ4n) is 2.34. The molecule has 6 nitrogen and oxygen atoms in total. The average molecular weight is 327 g/mol. The maximum atomic E-state index is 12.4. The number of halogens is 1. The molecule has 0 atom stereocenters. The highest BCUT2D eigenvalue weighted by molar-refractivity contribution is 5.94. The Labute approximate surface area is 137 Å². The zero-order valence-corrected chi connectivity index (χ0v) is 13.6. The molecule has 0 radical (unpaired) electrons. The standard InChI is InChI=1S/C15H22N4O2.ClH/c1-2-17-15(21)19-9-7-18(8-10-19)14(20)13-5-3-12(11-16)4-6-13;/h3-6H,2,7-11,16H2,1H3,(H,17,21);1H. The van der Waals surface area contributed by atoms with Crippen molar-refractivity contribution in [3.63, 3.8) is 0 Å². The van der Waals surface area contributed by atoms with Crippen molar-refractivity contribution in [1.29, 1.82) is 0 Å². The van der Waals surface area contributed by atoms with Gasteiger partial charge in [-0.25, -0.2) is 4.79 Å². The first-order chi connectivity index (χ1) is 10.2. The summed E-state index contributed by atoms with van der Waals surface area (Å²) in [7, 11) is 0. The lowest BCUT2D eigenvalue weighted by atomic mass is 10.1. The van der Waals surface area contributed by atoms with E-state index in [0.717, 1.165) is 5.56 Å². The largest absolute Gasteiger partial charge is 0.338 e. The summed E-state index contributed by atoms with van der Waals surface area (Å²) in [6.45, 7) is 5.24. The number of nitrogens with two attached hydrogens (primary N) is 1. The number of carbonyl (C=O) groups excluding carboxylic acids is 2. The summed E-state index contributed by atoms with van der Waals surface area (Å²) in [5.74, 6) is 0.00845. The van der Waals surface area contributed by atoms with Crippen molar-refractivity contribution in [3.05, 3.63) is 35.4 Å². The molecule has 1 fully saturated rings. The molecule has 3 amide bonds. The molecule has 0 bridgehead atoms. The lowest BCUT2D eigenvalue weighted by Crippen LogP contribution is -2.53. The minimum absolute atomic E-state index is 0. The van der Waals surface area contributed by atoms with E-state index < -0.39 is 0 Å². The van der Waals surface area contributed by atoms with E-state index in [1.54, 1.807) is 21.9 Å². The van der Waals surface area contributed by atoms with Gasteiger partial charge >= 0.3 is 6.03 Å². The van der Waals surface area contributed by atoms with Gasteiger partial charge in [0.2, 0.25) is 0 Å². The fourth-order valence-corrected chi connectivity index (χ4v) is 2.34. The van der Waals surface area contributed by atoms with Crippen molar-refractivity contribution in [3.8, 4) is 0 Å². The molecule has 1 aliphatic heterocycles. The number of piperazine rings is 1. The Morgan fingerprint density at radius 3 is 2.14 bits per heavy atom. The molecule has 0 spiro atoms. The number of rotatable bonds is 3. The number of amides is 3. The first-order valence-corrected chi connectivity index (χ1v) is 7.26. The number of hydrogen-bond donors (Lipinski definition) is 2. The first-order valence-electron chi connectivity index (χ1n) is 7.26. The Bertz CT molecular complexity index is 499. The van der Waals surface area contributed by atoms with Crippen LogP contribution in [0.5, 0.6) is 0 Å². The van der Waals surface area contributed by atoms with Gasteiger partial charge in [0.15, 0.2) is 0 Å². The molecule has 3 N–H and O–H groups in total. The summed E-state index contributed by atoms with van der Waals surface area (Å²) in [6, 6.07) is 7.30. The lowest BCUT2D eigenvalue weighted by molar-refractivity contribution is 0.0665. The SMILES string of the molecule is CCNC(=O)N1CCN(C(=O)c2ccc(CN)cc2)CC1.Cl. The highest BCUT2D eigenvalue weighted by Gasteiger charge is 2.24. The van der Waals surface area contributed by atoms with Crippen LogP contribution in [0.15, 0.2) is 24.3 Å². The molecular formula is C15H23ClN4O2. The molecule has 22 heavy (non-hydrogen) atoms. The van der Waals surface area contributed by atoms with Crippen molar-refractivity contribution >= 4 is 24.3 Å². The van der Waals surface area contributed by atoms with Crippen LogP contribution in [-0.2, 0) is 6.54 Å². The average Bonchev–Trinajstić information content (AvgIpc) is 2.54. The smallest absolute Gasteiger partial charge is 0.317 e. The molecule has 1 aromatic rings. The third-order valence-electron chi connectivity index (χ3n) is 3.62. The van der Waals surface area contributed by atoms with Crippen LogP contribution in [-0.4, -0.2) is 54.5 Å². The van der Waals surface area contributed by atoms with E-state index in [-0.39, 0.29) is 24.3 Å². The number of carbonyl (C=O) groups is 2. The minimum atomic E-state index is -0.0584. The number of nitrogens with one attached hydrogen (secondary N) is 1. The second-order valence-corrected chi connectivity index (χ2v) is 5.02. The molecule has 0 aromatic heterocycles. The van der Waals surface area contributed by atoms with Gasteiger partial charge in [0.1, 0.15) is 0 Å². The third-order valence-corrected chi connectivity index (χ3v) is 3.62. The molecule has 122 valence electrons. The molecule has 1 aromatic carbocycles. The topological polar surface area (TPSA) is 78.7 Å². The molecule has 0 aliphatic carbocycles. The van der Waals surface area contributed by atoms with Gasteiger partial charge in [-0.1, -0.05) is 12.1 Å². The molecular weight excluding hydrogens is 304 g/mol. The molecule has 1 heterocycles. The highest BCUT2D eigenvalue weighted by Crippen LogP contribution is 2.10. The van der Waals surface area contributed by atoms with Crippen LogP contribution in [0.4, 0.5) is 4.79 Å². The zero-order chi connectivity index (χ0) is 15.2. The summed E-state index contributed by atoms with van der Waals surface area (Å²) in [5, 5.41) is 2.78. The van der Waals surface area contributed by atoms with Crippen molar-refractivity contribution in [1.82, 2.24) is 15.1 Å². The van der Waals surface area contributed by atoms with Gasteiger partial charge in [0.25, 0.3) is 5.91 Å². The van der Waals surface area contributed by atoms with Crippen LogP contribution in [0.1, 0.15) is 22.8 Å². The van der Waals surface area contributed by atoms with E-state index >= 15 is 0 Å². The number of nitrogens with zero attached hydrogens (tertiary/aromatic N) is 2. The number of urea groups is 1.